The Labute approximate surface area is 150 Å². The number of halogens is 1. The van der Waals surface area contributed by atoms with Crippen molar-refractivity contribution in [3.63, 3.8) is 0 Å². The van der Waals surface area contributed by atoms with Crippen LogP contribution in [-0.2, 0) is 9.59 Å². The number of amides is 2. The van der Waals surface area contributed by atoms with Crippen LogP contribution in [0.3, 0.4) is 0 Å². The van der Waals surface area contributed by atoms with Gasteiger partial charge in [0.1, 0.15) is 11.0 Å². The Morgan fingerprint density at radius 1 is 1.46 bits per heavy atom. The molecule has 0 unspecified atom stereocenters. The Morgan fingerprint density at radius 3 is 2.75 bits per heavy atom. The fourth-order valence-corrected chi connectivity index (χ4v) is 3.44. The van der Waals surface area contributed by atoms with Crippen molar-refractivity contribution >= 4 is 46.0 Å². The van der Waals surface area contributed by atoms with Crippen molar-refractivity contribution in [3.8, 4) is 5.75 Å². The second-order valence-electron chi connectivity index (χ2n) is 6.29. The molecule has 0 aromatic heterocycles. The molecule has 1 aliphatic heterocycles. The first-order valence-electron chi connectivity index (χ1n) is 7.39. The summed E-state index contributed by atoms with van der Waals surface area (Å²) in [6.07, 6.45) is 0.0588. The lowest BCUT2D eigenvalue weighted by atomic mass is 10.1. The Morgan fingerprint density at radius 2 is 2.17 bits per heavy atom. The van der Waals surface area contributed by atoms with Crippen molar-refractivity contribution in [1.82, 2.24) is 5.32 Å². The molecule has 8 heteroatoms. The minimum Gasteiger partial charge on any atom is -0.495 e. The van der Waals surface area contributed by atoms with Gasteiger partial charge < -0.3 is 15.4 Å². The number of methoxy groups -OCH3 is 1. The molecule has 2 rings (SSSR count). The second kappa shape index (κ2) is 7.44. The zero-order valence-corrected chi connectivity index (χ0v) is 15.5. The monoisotopic (exact) mass is 369 g/mol. The van der Waals surface area contributed by atoms with Crippen LogP contribution in [0.1, 0.15) is 27.2 Å². The van der Waals surface area contributed by atoms with Crippen LogP contribution in [0.2, 0.25) is 5.02 Å². The van der Waals surface area contributed by atoms with Gasteiger partial charge in [-0.25, -0.2) is 0 Å². The van der Waals surface area contributed by atoms with Crippen molar-refractivity contribution in [3.05, 3.63) is 23.2 Å². The van der Waals surface area contributed by atoms with Crippen LogP contribution in [0.4, 0.5) is 5.69 Å². The van der Waals surface area contributed by atoms with E-state index in [4.69, 9.17) is 16.3 Å². The van der Waals surface area contributed by atoms with Crippen molar-refractivity contribution in [2.75, 3.05) is 12.4 Å². The first-order valence-corrected chi connectivity index (χ1v) is 8.64. The highest BCUT2D eigenvalue weighted by Gasteiger charge is 2.32. The molecule has 1 aliphatic rings. The third-order valence-electron chi connectivity index (χ3n) is 3.02. The van der Waals surface area contributed by atoms with Gasteiger partial charge in [0.15, 0.2) is 5.17 Å². The summed E-state index contributed by atoms with van der Waals surface area (Å²) in [7, 11) is 1.52. The van der Waals surface area contributed by atoms with Crippen LogP contribution in [0.15, 0.2) is 23.2 Å². The highest BCUT2D eigenvalue weighted by atomic mass is 35.5. The summed E-state index contributed by atoms with van der Waals surface area (Å²) in [5.41, 5.74) is 0.268. The maximum Gasteiger partial charge on any atom is 0.240 e. The molecular weight excluding hydrogens is 350 g/mol. The standard InChI is InChI=1S/C16H20ClN3O3S/c1-16(2,3)20-15-19-14(22)12(24-15)8-13(21)18-9-5-6-11(23-4)10(17)7-9/h5-7,12H,8H2,1-4H3,(H,18,21)(H,19,20,22)/t12-/m1/s1. The smallest absolute Gasteiger partial charge is 0.240 e. The average Bonchev–Trinajstić information content (AvgIpc) is 2.76. The molecule has 6 nitrogen and oxygen atoms in total. The molecule has 24 heavy (non-hydrogen) atoms. The van der Waals surface area contributed by atoms with E-state index in [1.165, 1.54) is 18.9 Å². The minimum atomic E-state index is -0.486. The van der Waals surface area contributed by atoms with Gasteiger partial charge in [0.2, 0.25) is 11.8 Å². The summed E-state index contributed by atoms with van der Waals surface area (Å²) >= 11 is 7.30. The number of thioether (sulfide) groups is 1. The molecule has 2 amide bonds. The molecule has 0 spiro atoms. The zero-order chi connectivity index (χ0) is 17.9. The molecule has 1 atom stereocenters. The number of nitrogens with one attached hydrogen (secondary N) is 2. The number of amidine groups is 1. The van der Waals surface area contributed by atoms with E-state index in [9.17, 15) is 9.59 Å². The number of carbonyl (C=O) groups is 2. The summed E-state index contributed by atoms with van der Waals surface area (Å²) < 4.78 is 5.06. The van der Waals surface area contributed by atoms with Crippen LogP contribution in [0, 0.1) is 0 Å². The third-order valence-corrected chi connectivity index (χ3v) is 4.40. The van der Waals surface area contributed by atoms with Crippen molar-refractivity contribution in [1.29, 1.82) is 0 Å². The van der Waals surface area contributed by atoms with Crippen LogP contribution >= 0.6 is 23.4 Å². The molecule has 0 aliphatic carbocycles. The highest BCUT2D eigenvalue weighted by Crippen LogP contribution is 2.28. The molecule has 1 saturated heterocycles. The van der Waals surface area contributed by atoms with E-state index >= 15 is 0 Å². The number of aliphatic imine (C=N–C) groups is 1. The summed E-state index contributed by atoms with van der Waals surface area (Å²) in [4.78, 5) is 28.5. The molecular formula is C16H20ClN3O3S. The molecule has 0 radical (unpaired) electrons. The molecule has 0 saturated carbocycles. The topological polar surface area (TPSA) is 79.8 Å². The predicted molar refractivity (Wildman–Crippen MR) is 98.0 cm³/mol. The van der Waals surface area contributed by atoms with Gasteiger partial charge in [0.05, 0.1) is 17.7 Å². The van der Waals surface area contributed by atoms with E-state index in [-0.39, 0.29) is 23.8 Å². The quantitative estimate of drug-likeness (QED) is 0.854. The van der Waals surface area contributed by atoms with E-state index < -0.39 is 5.25 Å². The zero-order valence-electron chi connectivity index (χ0n) is 14.0. The van der Waals surface area contributed by atoms with Crippen LogP contribution in [-0.4, -0.2) is 34.9 Å². The summed E-state index contributed by atoms with van der Waals surface area (Å²) in [6.45, 7) is 5.83. The van der Waals surface area contributed by atoms with Crippen LogP contribution in [0.5, 0.6) is 5.75 Å². The molecule has 2 N–H and O–H groups in total. The van der Waals surface area contributed by atoms with Gasteiger partial charge in [-0.1, -0.05) is 23.4 Å². The van der Waals surface area contributed by atoms with Gasteiger partial charge in [-0.15, -0.1) is 0 Å². The Bertz CT molecular complexity index is 686. The largest absolute Gasteiger partial charge is 0.495 e. The fourth-order valence-electron chi connectivity index (χ4n) is 2.02. The van der Waals surface area contributed by atoms with Gasteiger partial charge >= 0.3 is 0 Å². The predicted octanol–water partition coefficient (Wildman–Crippen LogP) is 3.06. The van der Waals surface area contributed by atoms with Gasteiger partial charge in [-0.2, -0.15) is 0 Å². The number of benzene rings is 1. The average molecular weight is 370 g/mol. The number of ether oxygens (including phenoxy) is 1. The second-order valence-corrected chi connectivity index (χ2v) is 7.88. The van der Waals surface area contributed by atoms with Gasteiger partial charge in [0.25, 0.3) is 0 Å². The van der Waals surface area contributed by atoms with Gasteiger partial charge in [0, 0.05) is 12.1 Å². The van der Waals surface area contributed by atoms with Crippen molar-refractivity contribution in [2.45, 2.75) is 38.0 Å². The SMILES string of the molecule is COc1ccc(NC(=O)C[C@H]2SC(=NC(C)(C)C)NC2=O)cc1Cl. The molecule has 1 aromatic carbocycles. The van der Waals surface area contributed by atoms with Crippen LogP contribution < -0.4 is 15.4 Å². The Kier molecular flexibility index (Phi) is 5.77. The lowest BCUT2D eigenvalue weighted by Crippen LogP contribution is -2.28. The number of carbonyl (C=O) groups excluding carboxylic acids is 2. The first-order chi connectivity index (χ1) is 11.2. The Balaban J connectivity index is 1.96. The molecule has 1 heterocycles. The number of rotatable bonds is 4. The minimum absolute atomic E-state index is 0.0588. The molecule has 130 valence electrons. The molecule has 0 bridgehead atoms. The van der Waals surface area contributed by atoms with Crippen LogP contribution in [0.25, 0.3) is 0 Å². The summed E-state index contributed by atoms with van der Waals surface area (Å²) in [5, 5.41) is 5.92. The van der Waals surface area contributed by atoms with E-state index in [0.29, 0.717) is 21.6 Å². The van der Waals surface area contributed by atoms with E-state index in [1.807, 2.05) is 20.8 Å². The number of hydrogen-bond acceptors (Lipinski definition) is 5. The van der Waals surface area contributed by atoms with E-state index in [2.05, 4.69) is 15.6 Å². The lowest BCUT2D eigenvalue weighted by Gasteiger charge is -2.12. The van der Waals surface area contributed by atoms with Crippen molar-refractivity contribution in [2.24, 2.45) is 4.99 Å². The first kappa shape index (κ1) is 18.6. The number of nitrogens with zero attached hydrogens (tertiary/aromatic N) is 1. The molecule has 1 fully saturated rings. The Hall–Kier alpha value is -1.73. The highest BCUT2D eigenvalue weighted by molar-refractivity contribution is 8.15. The van der Waals surface area contributed by atoms with E-state index in [0.717, 1.165) is 0 Å². The van der Waals surface area contributed by atoms with Crippen molar-refractivity contribution < 1.29 is 14.3 Å². The number of anilines is 1. The maximum atomic E-state index is 12.2. The fraction of sp³-hybridized carbons (Fsp3) is 0.438. The van der Waals surface area contributed by atoms with Gasteiger partial charge in [-0.05, 0) is 39.0 Å². The third kappa shape index (κ3) is 5.14. The maximum absolute atomic E-state index is 12.2. The molecule has 1 aromatic rings. The van der Waals surface area contributed by atoms with E-state index in [1.54, 1.807) is 18.2 Å². The number of hydrogen-bond donors (Lipinski definition) is 2. The summed E-state index contributed by atoms with van der Waals surface area (Å²) in [5.74, 6) is 0.0650. The van der Waals surface area contributed by atoms with Gasteiger partial charge in [-0.3, -0.25) is 14.6 Å². The lowest BCUT2D eigenvalue weighted by molar-refractivity contribution is -0.122. The normalized spacial score (nSPS) is 19.3. The summed E-state index contributed by atoms with van der Waals surface area (Å²) in [6, 6.07) is 4.96.